The number of amides is 2. The minimum Gasteiger partial charge on any atom is -0.350 e. The highest BCUT2D eigenvalue weighted by molar-refractivity contribution is 5.78. The van der Waals surface area contributed by atoms with Crippen molar-refractivity contribution in [3.05, 3.63) is 66.0 Å². The van der Waals surface area contributed by atoms with Crippen molar-refractivity contribution >= 4 is 11.8 Å². The summed E-state index contributed by atoms with van der Waals surface area (Å²) in [6.45, 7) is 4.24. The predicted octanol–water partition coefficient (Wildman–Crippen LogP) is 2.70. The monoisotopic (exact) mass is 325 g/mol. The summed E-state index contributed by atoms with van der Waals surface area (Å²) >= 11 is 0. The molecular weight excluding hydrogens is 302 g/mol. The fourth-order valence-electron chi connectivity index (χ4n) is 2.41. The molecule has 1 N–H and O–H groups in total. The van der Waals surface area contributed by atoms with Crippen LogP contribution >= 0.6 is 0 Å². The summed E-state index contributed by atoms with van der Waals surface area (Å²) in [5, 5.41) is 2.96. The van der Waals surface area contributed by atoms with Crippen LogP contribution in [-0.2, 0) is 16.1 Å². The molecule has 2 aromatic rings. The van der Waals surface area contributed by atoms with Crippen LogP contribution in [0.2, 0.25) is 0 Å². The van der Waals surface area contributed by atoms with Crippen molar-refractivity contribution in [1.29, 1.82) is 0 Å². The van der Waals surface area contributed by atoms with Crippen molar-refractivity contribution in [2.45, 2.75) is 32.9 Å². The van der Waals surface area contributed by atoms with Crippen LogP contribution in [0.3, 0.4) is 0 Å². The molecule has 5 heteroatoms. The molecule has 1 aromatic carbocycles. The first kappa shape index (κ1) is 17.7. The molecule has 0 aliphatic rings. The standard InChI is InChI=1S/C19H23N3O2/c1-15(17-8-4-3-5-9-17)21-19(24)11-13-22(16(2)23)14-18-10-6-7-12-20-18/h3-10,12,15H,11,13-14H2,1-2H3,(H,21,24). The van der Waals surface area contributed by atoms with E-state index in [1.807, 2.05) is 55.5 Å². The topological polar surface area (TPSA) is 62.3 Å². The van der Waals surface area contributed by atoms with E-state index in [1.54, 1.807) is 11.1 Å². The van der Waals surface area contributed by atoms with Gasteiger partial charge in [0.15, 0.2) is 0 Å². The van der Waals surface area contributed by atoms with Gasteiger partial charge in [0.1, 0.15) is 0 Å². The van der Waals surface area contributed by atoms with Crippen LogP contribution in [-0.4, -0.2) is 28.2 Å². The van der Waals surface area contributed by atoms with Gasteiger partial charge >= 0.3 is 0 Å². The highest BCUT2D eigenvalue weighted by Crippen LogP contribution is 2.11. The Morgan fingerprint density at radius 3 is 2.46 bits per heavy atom. The molecule has 0 saturated heterocycles. The minimum absolute atomic E-state index is 0.0553. The van der Waals surface area contributed by atoms with Gasteiger partial charge in [-0.25, -0.2) is 0 Å². The molecule has 126 valence electrons. The molecule has 1 atom stereocenters. The van der Waals surface area contributed by atoms with Gasteiger partial charge in [-0.2, -0.15) is 0 Å². The molecule has 1 heterocycles. The van der Waals surface area contributed by atoms with Gasteiger partial charge in [-0.15, -0.1) is 0 Å². The van der Waals surface area contributed by atoms with Crippen molar-refractivity contribution in [3.8, 4) is 0 Å². The number of aromatic nitrogens is 1. The van der Waals surface area contributed by atoms with E-state index in [0.717, 1.165) is 11.3 Å². The molecule has 2 amide bonds. The lowest BCUT2D eigenvalue weighted by atomic mass is 10.1. The number of benzene rings is 1. The zero-order valence-corrected chi connectivity index (χ0v) is 14.1. The van der Waals surface area contributed by atoms with Gasteiger partial charge in [0.25, 0.3) is 0 Å². The van der Waals surface area contributed by atoms with Crippen LogP contribution in [0.25, 0.3) is 0 Å². The third kappa shape index (κ3) is 5.50. The largest absolute Gasteiger partial charge is 0.350 e. The van der Waals surface area contributed by atoms with Crippen LogP contribution < -0.4 is 5.32 Å². The summed E-state index contributed by atoms with van der Waals surface area (Å²) in [7, 11) is 0. The Morgan fingerprint density at radius 2 is 1.83 bits per heavy atom. The molecule has 0 saturated carbocycles. The number of nitrogens with zero attached hydrogens (tertiary/aromatic N) is 2. The fraction of sp³-hybridized carbons (Fsp3) is 0.316. The zero-order valence-electron chi connectivity index (χ0n) is 14.1. The molecule has 5 nitrogen and oxygen atoms in total. The number of pyridine rings is 1. The Balaban J connectivity index is 1.85. The molecular formula is C19H23N3O2. The fourth-order valence-corrected chi connectivity index (χ4v) is 2.41. The first-order chi connectivity index (χ1) is 11.6. The van der Waals surface area contributed by atoms with E-state index >= 15 is 0 Å². The maximum absolute atomic E-state index is 12.1. The number of rotatable bonds is 7. The number of carbonyl (C=O) groups excluding carboxylic acids is 2. The average Bonchev–Trinajstić information content (AvgIpc) is 2.60. The molecule has 24 heavy (non-hydrogen) atoms. The van der Waals surface area contributed by atoms with E-state index in [1.165, 1.54) is 6.92 Å². The van der Waals surface area contributed by atoms with Crippen LogP contribution in [0.4, 0.5) is 0 Å². The molecule has 1 unspecified atom stereocenters. The Hall–Kier alpha value is -2.69. The molecule has 0 aliphatic heterocycles. The highest BCUT2D eigenvalue weighted by atomic mass is 16.2. The van der Waals surface area contributed by atoms with E-state index in [0.29, 0.717) is 13.1 Å². The van der Waals surface area contributed by atoms with E-state index in [-0.39, 0.29) is 24.3 Å². The third-order valence-corrected chi connectivity index (χ3v) is 3.81. The first-order valence-electron chi connectivity index (χ1n) is 8.06. The van der Waals surface area contributed by atoms with Gasteiger partial charge in [0.05, 0.1) is 18.3 Å². The molecule has 2 rings (SSSR count). The Labute approximate surface area is 142 Å². The maximum atomic E-state index is 12.1. The average molecular weight is 325 g/mol. The van der Waals surface area contributed by atoms with Gasteiger partial charge < -0.3 is 10.2 Å². The molecule has 0 bridgehead atoms. The van der Waals surface area contributed by atoms with Gasteiger partial charge in [0.2, 0.25) is 11.8 Å². The second-order valence-corrected chi connectivity index (χ2v) is 5.71. The lowest BCUT2D eigenvalue weighted by molar-refractivity contribution is -0.130. The lowest BCUT2D eigenvalue weighted by Crippen LogP contribution is -2.34. The Bertz CT molecular complexity index is 659. The van der Waals surface area contributed by atoms with E-state index in [9.17, 15) is 9.59 Å². The van der Waals surface area contributed by atoms with Crippen LogP contribution in [0.15, 0.2) is 54.7 Å². The van der Waals surface area contributed by atoms with E-state index in [4.69, 9.17) is 0 Å². The summed E-state index contributed by atoms with van der Waals surface area (Å²) in [6, 6.07) is 15.3. The van der Waals surface area contributed by atoms with Gasteiger partial charge in [-0.05, 0) is 24.6 Å². The van der Waals surface area contributed by atoms with Gasteiger partial charge in [0, 0.05) is 26.1 Å². The summed E-state index contributed by atoms with van der Waals surface area (Å²) in [4.78, 5) is 29.8. The second kappa shape index (κ2) is 8.82. The van der Waals surface area contributed by atoms with Crippen molar-refractivity contribution in [2.75, 3.05) is 6.54 Å². The summed E-state index contributed by atoms with van der Waals surface area (Å²) in [6.07, 6.45) is 1.96. The first-order valence-corrected chi connectivity index (χ1v) is 8.06. The van der Waals surface area contributed by atoms with Crippen molar-refractivity contribution in [3.63, 3.8) is 0 Å². The third-order valence-electron chi connectivity index (χ3n) is 3.81. The number of nitrogens with one attached hydrogen (secondary N) is 1. The lowest BCUT2D eigenvalue weighted by Gasteiger charge is -2.21. The Kier molecular flexibility index (Phi) is 6.49. The molecule has 0 spiro atoms. The Morgan fingerprint density at radius 1 is 1.12 bits per heavy atom. The van der Waals surface area contributed by atoms with Crippen molar-refractivity contribution in [2.24, 2.45) is 0 Å². The van der Waals surface area contributed by atoms with E-state index < -0.39 is 0 Å². The van der Waals surface area contributed by atoms with Gasteiger partial charge in [-0.1, -0.05) is 36.4 Å². The molecule has 0 fully saturated rings. The van der Waals surface area contributed by atoms with Crippen LogP contribution in [0.1, 0.15) is 37.6 Å². The number of hydrogen-bond donors (Lipinski definition) is 1. The quantitative estimate of drug-likeness (QED) is 0.851. The normalized spacial score (nSPS) is 11.6. The van der Waals surface area contributed by atoms with Crippen molar-refractivity contribution in [1.82, 2.24) is 15.2 Å². The highest BCUT2D eigenvalue weighted by Gasteiger charge is 2.14. The molecule has 0 aliphatic carbocycles. The maximum Gasteiger partial charge on any atom is 0.222 e. The summed E-state index contributed by atoms with van der Waals surface area (Å²) in [5.41, 5.74) is 1.87. The SMILES string of the molecule is CC(=O)N(CCC(=O)NC(C)c1ccccc1)Cc1ccccn1. The molecule has 1 aromatic heterocycles. The summed E-state index contributed by atoms with van der Waals surface area (Å²) < 4.78 is 0. The van der Waals surface area contributed by atoms with E-state index in [2.05, 4.69) is 10.3 Å². The van der Waals surface area contributed by atoms with Crippen LogP contribution in [0.5, 0.6) is 0 Å². The molecule has 0 radical (unpaired) electrons. The summed E-state index contributed by atoms with van der Waals surface area (Å²) in [5.74, 6) is -0.136. The van der Waals surface area contributed by atoms with Crippen LogP contribution in [0, 0.1) is 0 Å². The minimum atomic E-state index is -0.0707. The second-order valence-electron chi connectivity index (χ2n) is 5.71. The smallest absolute Gasteiger partial charge is 0.222 e. The predicted molar refractivity (Wildman–Crippen MR) is 92.9 cm³/mol. The van der Waals surface area contributed by atoms with Crippen molar-refractivity contribution < 1.29 is 9.59 Å². The van der Waals surface area contributed by atoms with Gasteiger partial charge in [-0.3, -0.25) is 14.6 Å². The number of hydrogen-bond acceptors (Lipinski definition) is 3. The zero-order chi connectivity index (χ0) is 17.4. The number of carbonyl (C=O) groups is 2.